The summed E-state index contributed by atoms with van der Waals surface area (Å²) in [5.74, 6) is -0.0212. The topological polar surface area (TPSA) is 134 Å². The molecule has 0 unspecified atom stereocenters. The van der Waals surface area contributed by atoms with Crippen molar-refractivity contribution in [3.8, 4) is 0 Å². The number of benzene rings is 1. The van der Waals surface area contributed by atoms with Crippen LogP contribution >= 0.6 is 0 Å². The van der Waals surface area contributed by atoms with Gasteiger partial charge >= 0.3 is 0 Å². The molecule has 174 valence electrons. The molecule has 1 aliphatic rings. The Kier molecular flexibility index (Phi) is 10.9. The second kappa shape index (κ2) is 14.0. The van der Waals surface area contributed by atoms with Crippen LogP contribution in [0.2, 0.25) is 0 Å². The predicted octanol–water partition coefficient (Wildman–Crippen LogP) is 1.89. The van der Waals surface area contributed by atoms with Gasteiger partial charge in [-0.25, -0.2) is 0 Å². The van der Waals surface area contributed by atoms with E-state index in [4.69, 9.17) is 9.90 Å². The molecule has 0 spiro atoms. The molecule has 0 bridgehead atoms. The molecule has 3 rings (SSSR count). The average molecular weight is 445 g/mol. The summed E-state index contributed by atoms with van der Waals surface area (Å²) < 4.78 is 1.83. The number of aliphatic hydroxyl groups excluding tert-OH is 1. The fourth-order valence-electron chi connectivity index (χ4n) is 3.84. The third-order valence-corrected chi connectivity index (χ3v) is 5.51. The van der Waals surface area contributed by atoms with Gasteiger partial charge in [-0.15, -0.1) is 0 Å². The van der Waals surface area contributed by atoms with E-state index in [-0.39, 0.29) is 42.9 Å². The molecular formula is C23H32N4O5. The summed E-state index contributed by atoms with van der Waals surface area (Å²) in [7, 11) is 0. The van der Waals surface area contributed by atoms with E-state index >= 15 is 0 Å². The fourth-order valence-corrected chi connectivity index (χ4v) is 3.84. The van der Waals surface area contributed by atoms with Crippen molar-refractivity contribution in [1.82, 2.24) is 20.4 Å². The van der Waals surface area contributed by atoms with Crippen LogP contribution in [0.1, 0.15) is 50.1 Å². The van der Waals surface area contributed by atoms with Crippen molar-refractivity contribution in [3.63, 3.8) is 0 Å². The summed E-state index contributed by atoms with van der Waals surface area (Å²) in [6.07, 6.45) is 7.97. The molecule has 1 fully saturated rings. The highest BCUT2D eigenvalue weighted by atomic mass is 16.3. The van der Waals surface area contributed by atoms with Gasteiger partial charge in [0.2, 0.25) is 11.8 Å². The van der Waals surface area contributed by atoms with Gasteiger partial charge in [-0.1, -0.05) is 30.3 Å². The lowest BCUT2D eigenvalue weighted by Gasteiger charge is -2.29. The number of amides is 2. The first-order valence-electron chi connectivity index (χ1n) is 10.9. The van der Waals surface area contributed by atoms with Crippen molar-refractivity contribution >= 4 is 18.3 Å². The molecular weight excluding hydrogens is 412 g/mol. The van der Waals surface area contributed by atoms with E-state index in [0.29, 0.717) is 6.42 Å². The average Bonchev–Trinajstić information content (AvgIpc) is 3.32. The summed E-state index contributed by atoms with van der Waals surface area (Å²) in [5, 5.41) is 26.7. The number of carbonyl (C=O) groups is 3. The molecule has 1 atom stereocenters. The molecule has 9 nitrogen and oxygen atoms in total. The molecule has 1 aliphatic carbocycles. The van der Waals surface area contributed by atoms with Crippen LogP contribution in [0.25, 0.3) is 0 Å². The Bertz CT molecular complexity index is 805. The number of aliphatic hydroxyl groups is 1. The first kappa shape index (κ1) is 25.1. The highest BCUT2D eigenvalue weighted by Crippen LogP contribution is 2.25. The molecule has 0 radical (unpaired) electrons. The van der Waals surface area contributed by atoms with Crippen LogP contribution in [0.15, 0.2) is 48.8 Å². The van der Waals surface area contributed by atoms with Crippen LogP contribution in [0.4, 0.5) is 0 Å². The van der Waals surface area contributed by atoms with Gasteiger partial charge in [-0.05, 0) is 43.7 Å². The maximum atomic E-state index is 12.6. The number of carbonyl (C=O) groups excluding carboxylic acids is 2. The molecule has 1 aromatic carbocycles. The quantitative estimate of drug-likeness (QED) is 0.437. The smallest absolute Gasteiger partial charge is 0.290 e. The monoisotopic (exact) mass is 444 g/mol. The maximum absolute atomic E-state index is 12.6. The second-order valence-electron chi connectivity index (χ2n) is 7.75. The minimum atomic E-state index is -0.379. The maximum Gasteiger partial charge on any atom is 0.290 e. The predicted molar refractivity (Wildman–Crippen MR) is 118 cm³/mol. The normalized spacial score (nSPS) is 18.5. The van der Waals surface area contributed by atoms with Gasteiger partial charge in [-0.3, -0.25) is 19.1 Å². The van der Waals surface area contributed by atoms with Crippen LogP contribution in [0.3, 0.4) is 0 Å². The number of nitrogens with zero attached hydrogens (tertiary/aromatic N) is 2. The van der Waals surface area contributed by atoms with Crippen molar-refractivity contribution in [2.75, 3.05) is 6.61 Å². The van der Waals surface area contributed by atoms with Gasteiger partial charge in [0.25, 0.3) is 6.47 Å². The number of aromatic nitrogens is 2. The minimum Gasteiger partial charge on any atom is -0.483 e. The number of rotatable bonds is 9. The van der Waals surface area contributed by atoms with E-state index in [1.54, 1.807) is 6.20 Å². The number of hydrogen-bond acceptors (Lipinski definition) is 5. The summed E-state index contributed by atoms with van der Waals surface area (Å²) in [6.45, 7) is 0.362. The standard InChI is InChI=1S/C22H30N4O3.CH2O2/c27-16-20(17-6-2-1-3-7-17)25-22(29)18-9-11-19(12-10-18)24-21(28)8-4-14-26-15-5-13-23-26;2-1-3/h1-3,5-7,13,15,18-20,27H,4,8-12,14,16H2,(H,24,28)(H,25,29);1H,(H,2,3)/t18?,19?,20-;/m0./s1. The van der Waals surface area contributed by atoms with Crippen molar-refractivity contribution in [2.45, 2.75) is 57.2 Å². The zero-order chi connectivity index (χ0) is 23.2. The Labute approximate surface area is 187 Å². The van der Waals surface area contributed by atoms with Crippen molar-refractivity contribution in [1.29, 1.82) is 0 Å². The van der Waals surface area contributed by atoms with Crippen LogP contribution < -0.4 is 10.6 Å². The lowest BCUT2D eigenvalue weighted by atomic mass is 9.85. The lowest BCUT2D eigenvalue weighted by molar-refractivity contribution is -0.127. The van der Waals surface area contributed by atoms with E-state index in [9.17, 15) is 14.7 Å². The summed E-state index contributed by atoms with van der Waals surface area (Å²) >= 11 is 0. The van der Waals surface area contributed by atoms with Crippen LogP contribution in [0.5, 0.6) is 0 Å². The highest BCUT2D eigenvalue weighted by Gasteiger charge is 2.28. The first-order chi connectivity index (χ1) is 15.6. The van der Waals surface area contributed by atoms with Crippen molar-refractivity contribution in [2.24, 2.45) is 5.92 Å². The second-order valence-corrected chi connectivity index (χ2v) is 7.75. The van der Waals surface area contributed by atoms with E-state index in [1.165, 1.54) is 0 Å². The molecule has 0 aliphatic heterocycles. The highest BCUT2D eigenvalue weighted by molar-refractivity contribution is 5.79. The van der Waals surface area contributed by atoms with Gasteiger partial charge in [0.15, 0.2) is 0 Å². The van der Waals surface area contributed by atoms with E-state index in [2.05, 4.69) is 15.7 Å². The number of hydrogen-bond donors (Lipinski definition) is 4. The minimum absolute atomic E-state index is 0.0168. The lowest BCUT2D eigenvalue weighted by Crippen LogP contribution is -2.42. The van der Waals surface area contributed by atoms with Crippen molar-refractivity contribution in [3.05, 3.63) is 54.4 Å². The number of carboxylic acid groups (broad SMARTS) is 1. The van der Waals surface area contributed by atoms with E-state index in [0.717, 1.165) is 44.2 Å². The molecule has 32 heavy (non-hydrogen) atoms. The Morgan fingerprint density at radius 2 is 1.84 bits per heavy atom. The number of nitrogens with one attached hydrogen (secondary N) is 2. The largest absolute Gasteiger partial charge is 0.483 e. The SMILES string of the molecule is O=C(CCCn1cccn1)NC1CCC(C(=O)N[C@@H](CO)c2ccccc2)CC1.O=CO. The first-order valence-corrected chi connectivity index (χ1v) is 10.9. The fraction of sp³-hybridized carbons (Fsp3) is 0.478. The molecule has 2 aromatic rings. The van der Waals surface area contributed by atoms with E-state index < -0.39 is 0 Å². The third-order valence-electron chi connectivity index (χ3n) is 5.51. The summed E-state index contributed by atoms with van der Waals surface area (Å²) in [6, 6.07) is 11.1. The number of aryl methyl sites for hydroxylation is 1. The molecule has 1 heterocycles. The molecule has 9 heteroatoms. The Balaban J connectivity index is 0.00000114. The van der Waals surface area contributed by atoms with Gasteiger partial charge < -0.3 is 20.8 Å². The molecule has 0 saturated heterocycles. The van der Waals surface area contributed by atoms with Crippen molar-refractivity contribution < 1.29 is 24.6 Å². The molecule has 1 saturated carbocycles. The Morgan fingerprint density at radius 3 is 2.44 bits per heavy atom. The third kappa shape index (κ3) is 8.50. The van der Waals surface area contributed by atoms with Crippen LogP contribution in [0, 0.1) is 5.92 Å². The summed E-state index contributed by atoms with van der Waals surface area (Å²) in [5.41, 5.74) is 0.902. The van der Waals surface area contributed by atoms with Gasteiger partial charge in [0.1, 0.15) is 0 Å². The zero-order valence-electron chi connectivity index (χ0n) is 18.1. The zero-order valence-corrected chi connectivity index (χ0v) is 18.1. The molecule has 2 amide bonds. The van der Waals surface area contributed by atoms with E-state index in [1.807, 2.05) is 47.3 Å². The van der Waals surface area contributed by atoms with Crippen LogP contribution in [-0.4, -0.2) is 50.9 Å². The Hall–Kier alpha value is -3.20. The van der Waals surface area contributed by atoms with Gasteiger partial charge in [-0.2, -0.15) is 5.10 Å². The Morgan fingerprint density at radius 1 is 1.16 bits per heavy atom. The molecule has 4 N–H and O–H groups in total. The van der Waals surface area contributed by atoms with Crippen LogP contribution in [-0.2, 0) is 20.9 Å². The summed E-state index contributed by atoms with van der Waals surface area (Å²) in [4.78, 5) is 33.1. The molecule has 1 aromatic heterocycles. The van der Waals surface area contributed by atoms with Gasteiger partial charge in [0.05, 0.1) is 12.6 Å². The van der Waals surface area contributed by atoms with Gasteiger partial charge in [0, 0.05) is 37.3 Å².